The fraction of sp³-hybridized carbons (Fsp3) is 0.568. The molecule has 49 heavy (non-hydrogen) atoms. The topological polar surface area (TPSA) is 137 Å². The summed E-state index contributed by atoms with van der Waals surface area (Å²) in [5.41, 5.74) is 0.559. The number of aliphatic hydroxyl groups is 1. The average Bonchev–Trinajstić information content (AvgIpc) is 4.02. The van der Waals surface area contributed by atoms with E-state index in [0.29, 0.717) is 29.4 Å². The normalized spacial score (nSPS) is 21.9. The third-order valence-electron chi connectivity index (χ3n) is 10.6. The number of amides is 4. The minimum atomic E-state index is -1.57. The van der Waals surface area contributed by atoms with Crippen molar-refractivity contribution in [2.45, 2.75) is 107 Å². The van der Waals surface area contributed by atoms with Gasteiger partial charge in [-0.2, -0.15) is 0 Å². The lowest BCUT2D eigenvalue weighted by Gasteiger charge is -2.37. The highest BCUT2D eigenvalue weighted by molar-refractivity contribution is 6.31. The number of ether oxygens (including phenoxy) is 1. The molecule has 2 aromatic rings. The van der Waals surface area contributed by atoms with Crippen molar-refractivity contribution < 1.29 is 29.0 Å². The molecule has 6 rings (SSSR count). The van der Waals surface area contributed by atoms with Gasteiger partial charge in [-0.05, 0) is 86.8 Å². The molecule has 1 aliphatic heterocycles. The van der Waals surface area contributed by atoms with Gasteiger partial charge in [0.05, 0.1) is 6.04 Å². The van der Waals surface area contributed by atoms with E-state index in [4.69, 9.17) is 27.9 Å². The summed E-state index contributed by atoms with van der Waals surface area (Å²) in [4.78, 5) is 56.1. The number of halogens is 2. The first-order valence-electron chi connectivity index (χ1n) is 17.7. The SMILES string of the molecule is O=C(NC1CC1)C(O)[C@H](C[C@@H]1CCNC1=O)NC(=O)[C@H](CC1CCCCC1)N(CC1(c2cccc(Cl)c2)CC1)C(=O)Oc1cccc(Cl)c1. The van der Waals surface area contributed by atoms with Crippen molar-refractivity contribution in [1.29, 1.82) is 0 Å². The number of benzene rings is 2. The number of carbonyl (C=O) groups excluding carboxylic acids is 4. The van der Waals surface area contributed by atoms with Gasteiger partial charge in [-0.25, -0.2) is 4.79 Å². The van der Waals surface area contributed by atoms with Crippen molar-refractivity contribution in [3.63, 3.8) is 0 Å². The van der Waals surface area contributed by atoms with Gasteiger partial charge in [-0.15, -0.1) is 0 Å². The van der Waals surface area contributed by atoms with Crippen LogP contribution in [0.5, 0.6) is 5.75 Å². The second-order valence-corrected chi connectivity index (χ2v) is 15.2. The molecule has 3 saturated carbocycles. The molecule has 4 N–H and O–H groups in total. The predicted octanol–water partition coefficient (Wildman–Crippen LogP) is 5.52. The van der Waals surface area contributed by atoms with E-state index in [9.17, 15) is 24.3 Å². The lowest BCUT2D eigenvalue weighted by atomic mass is 9.83. The maximum Gasteiger partial charge on any atom is 0.415 e. The zero-order chi connectivity index (χ0) is 34.5. The van der Waals surface area contributed by atoms with Crippen LogP contribution >= 0.6 is 23.2 Å². The Labute approximate surface area is 297 Å². The Bertz CT molecular complexity index is 1530. The standard InChI is InChI=1S/C37H46Cl2N4O6/c38-26-9-4-8-25(20-26)37(15-16-37)22-43(36(48)49-29-11-5-10-27(39)21-29)31(18-23-6-2-1-3-7-23)34(46)42-30(19-24-14-17-40-33(24)45)32(44)35(47)41-28-12-13-28/h4-5,8-11,20-21,23-24,28,30-32,44H,1-3,6-7,12-19,22H2,(H,40,45)(H,41,47)(H,42,46)/t24-,30-,31-,32?/m0/s1. The number of rotatable bonds is 14. The Kier molecular flexibility index (Phi) is 11.4. The molecule has 4 aliphatic rings. The van der Waals surface area contributed by atoms with Crippen molar-refractivity contribution in [3.8, 4) is 5.75 Å². The van der Waals surface area contributed by atoms with E-state index >= 15 is 0 Å². The van der Waals surface area contributed by atoms with Crippen LogP contribution in [0.25, 0.3) is 0 Å². The van der Waals surface area contributed by atoms with E-state index in [1.807, 2.05) is 18.2 Å². The zero-order valence-electron chi connectivity index (χ0n) is 27.7. The van der Waals surface area contributed by atoms with Gasteiger partial charge in [0.2, 0.25) is 11.8 Å². The van der Waals surface area contributed by atoms with Crippen molar-refractivity contribution >= 4 is 47.0 Å². The highest BCUT2D eigenvalue weighted by Gasteiger charge is 2.49. The molecule has 1 heterocycles. The quantitative estimate of drug-likeness (QED) is 0.204. The van der Waals surface area contributed by atoms with Crippen LogP contribution in [0, 0.1) is 11.8 Å². The fourth-order valence-corrected chi connectivity index (χ4v) is 7.73. The first-order valence-corrected chi connectivity index (χ1v) is 18.4. The van der Waals surface area contributed by atoms with Gasteiger partial charge >= 0.3 is 6.09 Å². The molecule has 4 fully saturated rings. The summed E-state index contributed by atoms with van der Waals surface area (Å²) in [7, 11) is 0. The monoisotopic (exact) mass is 712 g/mol. The Morgan fingerprint density at radius 3 is 2.29 bits per heavy atom. The first kappa shape index (κ1) is 35.5. The molecule has 1 saturated heterocycles. The molecule has 1 unspecified atom stereocenters. The third kappa shape index (κ3) is 9.27. The molecule has 4 atom stereocenters. The van der Waals surface area contributed by atoms with Crippen LogP contribution in [0.3, 0.4) is 0 Å². The summed E-state index contributed by atoms with van der Waals surface area (Å²) in [6, 6.07) is 12.2. The van der Waals surface area contributed by atoms with E-state index in [-0.39, 0.29) is 36.6 Å². The van der Waals surface area contributed by atoms with Gasteiger partial charge in [0.25, 0.3) is 5.91 Å². The molecule has 4 amide bonds. The molecule has 0 radical (unpaired) electrons. The van der Waals surface area contributed by atoms with Gasteiger partial charge < -0.3 is 25.8 Å². The summed E-state index contributed by atoms with van der Waals surface area (Å²) in [6.07, 6.45) is 7.09. The highest BCUT2D eigenvalue weighted by Crippen LogP contribution is 2.50. The summed E-state index contributed by atoms with van der Waals surface area (Å²) in [6.45, 7) is 0.700. The van der Waals surface area contributed by atoms with Gasteiger partial charge in [0.1, 0.15) is 11.8 Å². The minimum absolute atomic E-state index is 0.00491. The maximum atomic E-state index is 14.6. The van der Waals surface area contributed by atoms with E-state index in [2.05, 4.69) is 16.0 Å². The smallest absolute Gasteiger partial charge is 0.410 e. The van der Waals surface area contributed by atoms with Crippen molar-refractivity contribution in [2.24, 2.45) is 11.8 Å². The number of hydrogen-bond acceptors (Lipinski definition) is 6. The second-order valence-electron chi connectivity index (χ2n) is 14.4. The van der Waals surface area contributed by atoms with Gasteiger partial charge in [0.15, 0.2) is 6.10 Å². The lowest BCUT2D eigenvalue weighted by molar-refractivity contribution is -0.135. The summed E-state index contributed by atoms with van der Waals surface area (Å²) < 4.78 is 5.90. The number of hydrogen-bond donors (Lipinski definition) is 4. The molecule has 0 bridgehead atoms. The molecule has 0 spiro atoms. The Morgan fingerprint density at radius 2 is 1.65 bits per heavy atom. The Hall–Kier alpha value is -3.34. The zero-order valence-corrected chi connectivity index (χ0v) is 29.2. The fourth-order valence-electron chi connectivity index (χ4n) is 7.36. The maximum absolute atomic E-state index is 14.6. The van der Waals surface area contributed by atoms with Crippen LogP contribution in [-0.4, -0.2) is 71.1 Å². The summed E-state index contributed by atoms with van der Waals surface area (Å²) >= 11 is 12.6. The first-order chi connectivity index (χ1) is 23.6. The molecule has 12 heteroatoms. The summed E-state index contributed by atoms with van der Waals surface area (Å²) in [5, 5.41) is 20.9. The molecule has 3 aliphatic carbocycles. The third-order valence-corrected chi connectivity index (χ3v) is 11.0. The van der Waals surface area contributed by atoms with E-state index in [1.54, 1.807) is 30.3 Å². The molecule has 264 valence electrons. The number of carbonyl (C=O) groups is 4. The minimum Gasteiger partial charge on any atom is -0.410 e. The molecule has 0 aromatic heterocycles. The van der Waals surface area contributed by atoms with Gasteiger partial charge in [-0.1, -0.05) is 73.5 Å². The Balaban J connectivity index is 1.32. The van der Waals surface area contributed by atoms with E-state index in [0.717, 1.165) is 63.4 Å². The van der Waals surface area contributed by atoms with Crippen molar-refractivity contribution in [3.05, 3.63) is 64.1 Å². The molecular formula is C37H46Cl2N4O6. The van der Waals surface area contributed by atoms with Crippen LogP contribution in [0.2, 0.25) is 10.0 Å². The second kappa shape index (κ2) is 15.7. The summed E-state index contributed by atoms with van der Waals surface area (Å²) in [5.74, 6) is -1.26. The largest absolute Gasteiger partial charge is 0.415 e. The van der Waals surface area contributed by atoms with Gasteiger partial charge in [0, 0.05) is 40.5 Å². The van der Waals surface area contributed by atoms with Gasteiger partial charge in [-0.3, -0.25) is 19.3 Å². The molecule has 10 nitrogen and oxygen atoms in total. The number of nitrogens with one attached hydrogen (secondary N) is 3. The Morgan fingerprint density at radius 1 is 0.939 bits per heavy atom. The van der Waals surface area contributed by atoms with Crippen LogP contribution in [0.1, 0.15) is 82.6 Å². The van der Waals surface area contributed by atoms with Crippen LogP contribution in [0.15, 0.2) is 48.5 Å². The van der Waals surface area contributed by atoms with Crippen molar-refractivity contribution in [1.82, 2.24) is 20.9 Å². The predicted molar refractivity (Wildman–Crippen MR) is 186 cm³/mol. The van der Waals surface area contributed by atoms with Crippen molar-refractivity contribution in [2.75, 3.05) is 13.1 Å². The lowest BCUT2D eigenvalue weighted by Crippen LogP contribution is -2.58. The molecular weight excluding hydrogens is 667 g/mol. The highest BCUT2D eigenvalue weighted by atomic mass is 35.5. The van der Waals surface area contributed by atoms with E-state index < -0.39 is 47.4 Å². The number of nitrogens with zero attached hydrogens (tertiary/aromatic N) is 1. The van der Waals surface area contributed by atoms with Crippen LogP contribution in [-0.2, 0) is 19.8 Å². The van der Waals surface area contributed by atoms with Crippen LogP contribution in [0.4, 0.5) is 4.79 Å². The van der Waals surface area contributed by atoms with E-state index in [1.165, 1.54) is 4.90 Å². The van der Waals surface area contributed by atoms with Crippen LogP contribution < -0.4 is 20.7 Å². The molecule has 2 aromatic carbocycles. The number of aliphatic hydroxyl groups excluding tert-OH is 1. The average molecular weight is 714 g/mol.